The molecule has 3 rings (SSSR count). The van der Waals surface area contributed by atoms with Gasteiger partial charge in [-0.1, -0.05) is 29.3 Å². The fourth-order valence-corrected chi connectivity index (χ4v) is 6.24. The van der Waals surface area contributed by atoms with Crippen LogP contribution in [-0.4, -0.2) is 45.9 Å². The molecule has 2 aromatic carbocycles. The number of ether oxygens (including phenoxy) is 2. The summed E-state index contributed by atoms with van der Waals surface area (Å²) in [5.41, 5.74) is 1.20. The smallest absolute Gasteiger partial charge is 0.223 e. The first kappa shape index (κ1) is 25.6. The summed E-state index contributed by atoms with van der Waals surface area (Å²) in [5, 5.41) is 3.67. The number of piperidine rings is 1. The summed E-state index contributed by atoms with van der Waals surface area (Å²) < 4.78 is 37.9. The van der Waals surface area contributed by atoms with Crippen molar-refractivity contribution >= 4 is 39.1 Å². The van der Waals surface area contributed by atoms with E-state index >= 15 is 0 Å². The molecule has 0 aliphatic carbocycles. The minimum absolute atomic E-state index is 0.112. The second-order valence-corrected chi connectivity index (χ2v) is 10.8. The third kappa shape index (κ3) is 6.12. The lowest BCUT2D eigenvalue weighted by molar-refractivity contribution is -0.126. The van der Waals surface area contributed by atoms with Gasteiger partial charge in [0.05, 0.1) is 26.0 Å². The SMILES string of the molecule is COc1ccc(OC)c([C@@H](C)NC(=O)C2CCN(S(=O)(=O)Cc3c(Cl)cccc3Cl)CC2)c1. The standard InChI is InChI=1S/C23H28Cl2N2O5S/c1-15(18-13-17(31-2)7-8-22(18)32-3)26-23(28)16-9-11-27(12-10-16)33(29,30)14-19-20(24)5-4-6-21(19)25/h4-8,13,15-16H,9-12,14H2,1-3H3,(H,26,28)/t15-/m1/s1. The Balaban J connectivity index is 1.61. The van der Waals surface area contributed by atoms with Crippen LogP contribution < -0.4 is 14.8 Å². The van der Waals surface area contributed by atoms with Gasteiger partial charge in [0, 0.05) is 40.2 Å². The van der Waals surface area contributed by atoms with E-state index in [1.54, 1.807) is 44.6 Å². The van der Waals surface area contributed by atoms with Crippen LogP contribution in [0.2, 0.25) is 10.0 Å². The highest BCUT2D eigenvalue weighted by atomic mass is 35.5. The highest BCUT2D eigenvalue weighted by Crippen LogP contribution is 2.31. The molecule has 10 heteroatoms. The lowest BCUT2D eigenvalue weighted by Crippen LogP contribution is -2.43. The molecule has 1 fully saturated rings. The first-order chi connectivity index (χ1) is 15.7. The fourth-order valence-electron chi connectivity index (χ4n) is 3.93. The van der Waals surface area contributed by atoms with Crippen molar-refractivity contribution in [1.82, 2.24) is 9.62 Å². The van der Waals surface area contributed by atoms with E-state index in [1.807, 2.05) is 13.0 Å². The summed E-state index contributed by atoms with van der Waals surface area (Å²) in [6.07, 6.45) is 0.868. The number of amides is 1. The fraction of sp³-hybridized carbons (Fsp3) is 0.435. The summed E-state index contributed by atoms with van der Waals surface area (Å²) >= 11 is 12.3. The molecular weight excluding hydrogens is 487 g/mol. The first-order valence-electron chi connectivity index (χ1n) is 10.6. The molecule has 1 saturated heterocycles. The molecule has 0 saturated carbocycles. The van der Waals surface area contributed by atoms with Gasteiger partial charge < -0.3 is 14.8 Å². The molecule has 1 amide bonds. The van der Waals surface area contributed by atoms with E-state index in [1.165, 1.54) is 4.31 Å². The van der Waals surface area contributed by atoms with Crippen molar-refractivity contribution < 1.29 is 22.7 Å². The van der Waals surface area contributed by atoms with Crippen molar-refractivity contribution in [2.75, 3.05) is 27.3 Å². The van der Waals surface area contributed by atoms with Crippen LogP contribution in [0.1, 0.15) is 36.9 Å². The molecule has 33 heavy (non-hydrogen) atoms. The van der Waals surface area contributed by atoms with Crippen LogP contribution in [0.25, 0.3) is 0 Å². The van der Waals surface area contributed by atoms with Crippen LogP contribution in [0.3, 0.4) is 0 Å². The highest BCUT2D eigenvalue weighted by Gasteiger charge is 2.32. The molecule has 0 radical (unpaired) electrons. The maximum absolute atomic E-state index is 12.9. The Morgan fingerprint density at radius 1 is 1.12 bits per heavy atom. The van der Waals surface area contributed by atoms with Crippen LogP contribution >= 0.6 is 23.2 Å². The van der Waals surface area contributed by atoms with E-state index in [0.29, 0.717) is 39.9 Å². The van der Waals surface area contributed by atoms with E-state index in [0.717, 1.165) is 5.56 Å². The number of carbonyl (C=O) groups is 1. The summed E-state index contributed by atoms with van der Waals surface area (Å²) in [6, 6.07) is 10.0. The van der Waals surface area contributed by atoms with Crippen molar-refractivity contribution in [3.63, 3.8) is 0 Å². The number of hydrogen-bond acceptors (Lipinski definition) is 5. The number of carbonyl (C=O) groups excluding carboxylic acids is 1. The Morgan fingerprint density at radius 2 is 1.76 bits per heavy atom. The Labute approximate surface area is 205 Å². The van der Waals surface area contributed by atoms with E-state index in [9.17, 15) is 13.2 Å². The molecule has 2 aromatic rings. The van der Waals surface area contributed by atoms with Crippen molar-refractivity contribution in [2.45, 2.75) is 31.6 Å². The van der Waals surface area contributed by atoms with Crippen molar-refractivity contribution in [2.24, 2.45) is 5.92 Å². The molecule has 1 N–H and O–H groups in total. The molecule has 1 aliphatic rings. The Kier molecular flexibility index (Phi) is 8.50. The van der Waals surface area contributed by atoms with Crippen LogP contribution in [0, 0.1) is 5.92 Å². The Bertz CT molecular complexity index is 1080. The highest BCUT2D eigenvalue weighted by molar-refractivity contribution is 7.88. The Hall–Kier alpha value is -2.00. The summed E-state index contributed by atoms with van der Waals surface area (Å²) in [5.74, 6) is 0.666. The van der Waals surface area contributed by atoms with Gasteiger partial charge in [-0.3, -0.25) is 4.79 Å². The number of sulfonamides is 1. The van der Waals surface area contributed by atoms with E-state index in [-0.39, 0.29) is 36.7 Å². The number of nitrogens with one attached hydrogen (secondary N) is 1. The van der Waals surface area contributed by atoms with Gasteiger partial charge in [-0.05, 0) is 50.1 Å². The van der Waals surface area contributed by atoms with Gasteiger partial charge in [0.15, 0.2) is 0 Å². The lowest BCUT2D eigenvalue weighted by Gasteiger charge is -2.31. The molecule has 1 aliphatic heterocycles. The van der Waals surface area contributed by atoms with Crippen LogP contribution in [0.5, 0.6) is 11.5 Å². The molecule has 1 heterocycles. The third-order valence-corrected chi connectivity index (χ3v) is 8.38. The van der Waals surface area contributed by atoms with E-state index < -0.39 is 10.0 Å². The molecule has 0 bridgehead atoms. The summed E-state index contributed by atoms with van der Waals surface area (Å²) in [7, 11) is -0.456. The van der Waals surface area contributed by atoms with Gasteiger partial charge in [-0.15, -0.1) is 0 Å². The molecule has 0 aromatic heterocycles. The predicted molar refractivity (Wildman–Crippen MR) is 129 cm³/mol. The quantitative estimate of drug-likeness (QED) is 0.563. The predicted octanol–water partition coefficient (Wildman–Crippen LogP) is 4.43. The monoisotopic (exact) mass is 514 g/mol. The molecule has 0 spiro atoms. The van der Waals surface area contributed by atoms with Crippen LogP contribution in [0.15, 0.2) is 36.4 Å². The first-order valence-corrected chi connectivity index (χ1v) is 13.0. The normalized spacial score (nSPS) is 16.3. The number of halogens is 2. The summed E-state index contributed by atoms with van der Waals surface area (Å²) in [4.78, 5) is 12.9. The Morgan fingerprint density at radius 3 is 2.33 bits per heavy atom. The van der Waals surface area contributed by atoms with Gasteiger partial charge in [0.1, 0.15) is 11.5 Å². The van der Waals surface area contributed by atoms with Crippen LogP contribution in [0.4, 0.5) is 0 Å². The van der Waals surface area contributed by atoms with E-state index in [2.05, 4.69) is 5.32 Å². The van der Waals surface area contributed by atoms with Crippen LogP contribution in [-0.2, 0) is 20.6 Å². The van der Waals surface area contributed by atoms with Gasteiger partial charge in [-0.2, -0.15) is 0 Å². The largest absolute Gasteiger partial charge is 0.497 e. The minimum atomic E-state index is -3.61. The van der Waals surface area contributed by atoms with Crippen molar-refractivity contribution in [3.05, 3.63) is 57.6 Å². The molecule has 180 valence electrons. The molecule has 7 nitrogen and oxygen atoms in total. The zero-order valence-corrected chi connectivity index (χ0v) is 21.1. The zero-order valence-electron chi connectivity index (χ0n) is 18.8. The molecule has 0 unspecified atom stereocenters. The second kappa shape index (κ2) is 11.0. The number of benzene rings is 2. The lowest BCUT2D eigenvalue weighted by atomic mass is 9.96. The topological polar surface area (TPSA) is 84.9 Å². The zero-order chi connectivity index (χ0) is 24.2. The number of methoxy groups -OCH3 is 2. The van der Waals surface area contributed by atoms with Gasteiger partial charge in [-0.25, -0.2) is 12.7 Å². The number of hydrogen-bond donors (Lipinski definition) is 1. The second-order valence-electron chi connectivity index (χ2n) is 7.97. The molecule has 1 atom stereocenters. The maximum atomic E-state index is 12.9. The average Bonchev–Trinajstić information content (AvgIpc) is 2.81. The number of rotatable bonds is 8. The average molecular weight is 515 g/mol. The van der Waals surface area contributed by atoms with E-state index in [4.69, 9.17) is 32.7 Å². The van der Waals surface area contributed by atoms with Crippen molar-refractivity contribution in [3.8, 4) is 11.5 Å². The van der Waals surface area contributed by atoms with Gasteiger partial charge >= 0.3 is 0 Å². The van der Waals surface area contributed by atoms with Crippen molar-refractivity contribution in [1.29, 1.82) is 0 Å². The molecular formula is C23H28Cl2N2O5S. The maximum Gasteiger partial charge on any atom is 0.223 e. The summed E-state index contributed by atoms with van der Waals surface area (Å²) in [6.45, 7) is 2.40. The third-order valence-electron chi connectivity index (χ3n) is 5.87. The van der Waals surface area contributed by atoms with Gasteiger partial charge in [0.2, 0.25) is 15.9 Å². The van der Waals surface area contributed by atoms with Gasteiger partial charge in [0.25, 0.3) is 0 Å². The number of nitrogens with zero attached hydrogens (tertiary/aromatic N) is 1. The minimum Gasteiger partial charge on any atom is -0.497 e.